The van der Waals surface area contributed by atoms with Crippen molar-refractivity contribution in [3.05, 3.63) is 59.2 Å². The van der Waals surface area contributed by atoms with Crippen molar-refractivity contribution in [2.45, 2.75) is 11.8 Å². The summed E-state index contributed by atoms with van der Waals surface area (Å²) in [5, 5.41) is 11.7. The molecule has 2 rings (SSSR count). The van der Waals surface area contributed by atoms with Gasteiger partial charge in [-0.05, 0) is 25.1 Å². The van der Waals surface area contributed by atoms with E-state index in [1.807, 2.05) is 0 Å². The summed E-state index contributed by atoms with van der Waals surface area (Å²) in [5.41, 5.74) is 0.627. The number of hydrogen-bond donors (Lipinski definition) is 2. The summed E-state index contributed by atoms with van der Waals surface area (Å²) < 4.78 is 26.4. The van der Waals surface area contributed by atoms with Gasteiger partial charge in [0.25, 0.3) is 5.91 Å². The molecule has 0 atom stereocenters. The first kappa shape index (κ1) is 17.9. The zero-order chi connectivity index (χ0) is 17.7. The molecule has 0 aromatic heterocycles. The van der Waals surface area contributed by atoms with E-state index in [0.29, 0.717) is 16.2 Å². The Morgan fingerprint density at radius 3 is 2.29 bits per heavy atom. The predicted molar refractivity (Wildman–Crippen MR) is 87.5 cm³/mol. The number of phenols is 1. The van der Waals surface area contributed by atoms with Crippen molar-refractivity contribution < 1.29 is 23.5 Å². The number of hydrogen-bond acceptors (Lipinski definition) is 4. The van der Waals surface area contributed by atoms with Crippen molar-refractivity contribution in [2.75, 3.05) is 12.3 Å². The number of ketones is 1. The summed E-state index contributed by atoms with van der Waals surface area (Å²) in [5.74, 6) is -3.28. The molecular formula is C17H15F2NO3S. The van der Waals surface area contributed by atoms with Gasteiger partial charge in [-0.1, -0.05) is 18.2 Å². The molecule has 126 valence electrons. The van der Waals surface area contributed by atoms with Crippen LogP contribution in [0.5, 0.6) is 5.75 Å². The van der Waals surface area contributed by atoms with Crippen molar-refractivity contribution in [3.63, 3.8) is 0 Å². The second kappa shape index (κ2) is 7.92. The van der Waals surface area contributed by atoms with Gasteiger partial charge in [-0.25, -0.2) is 8.78 Å². The van der Waals surface area contributed by atoms with Crippen LogP contribution in [0.25, 0.3) is 0 Å². The van der Waals surface area contributed by atoms with Crippen molar-refractivity contribution in [2.24, 2.45) is 0 Å². The maximum Gasteiger partial charge on any atom is 0.252 e. The van der Waals surface area contributed by atoms with Crippen LogP contribution in [0.1, 0.15) is 27.6 Å². The average molecular weight is 351 g/mol. The second-order valence-electron chi connectivity index (χ2n) is 4.94. The molecule has 0 aliphatic carbocycles. The SMILES string of the molecule is CC(=O)c1ccccc1C(=O)NCCSc1cc(F)c(O)c(F)c1. The number of Topliss-reactive ketones (excluding diaryl/α,β-unsaturated/α-hetero) is 1. The van der Waals surface area contributed by atoms with Crippen molar-refractivity contribution >= 4 is 23.5 Å². The van der Waals surface area contributed by atoms with Gasteiger partial charge in [0.15, 0.2) is 23.2 Å². The lowest BCUT2D eigenvalue weighted by atomic mass is 10.0. The van der Waals surface area contributed by atoms with Gasteiger partial charge in [-0.3, -0.25) is 9.59 Å². The van der Waals surface area contributed by atoms with Crippen LogP contribution in [0, 0.1) is 11.6 Å². The van der Waals surface area contributed by atoms with Gasteiger partial charge in [0, 0.05) is 22.8 Å². The number of carbonyl (C=O) groups excluding carboxylic acids is 2. The van der Waals surface area contributed by atoms with E-state index < -0.39 is 17.4 Å². The van der Waals surface area contributed by atoms with E-state index >= 15 is 0 Å². The Morgan fingerprint density at radius 1 is 1.12 bits per heavy atom. The second-order valence-corrected chi connectivity index (χ2v) is 6.11. The highest BCUT2D eigenvalue weighted by Gasteiger charge is 2.13. The minimum Gasteiger partial charge on any atom is -0.503 e. The highest BCUT2D eigenvalue weighted by molar-refractivity contribution is 7.99. The standard InChI is InChI=1S/C17H15F2NO3S/c1-10(21)12-4-2-3-5-13(12)17(23)20-6-7-24-11-8-14(18)16(22)15(19)9-11/h2-5,8-9,22H,6-7H2,1H3,(H,20,23). The molecule has 0 aliphatic rings. The van der Waals surface area contributed by atoms with Crippen LogP contribution in [0.3, 0.4) is 0 Å². The molecule has 0 saturated carbocycles. The van der Waals surface area contributed by atoms with E-state index in [0.717, 1.165) is 23.9 Å². The van der Waals surface area contributed by atoms with Gasteiger partial charge in [-0.15, -0.1) is 11.8 Å². The van der Waals surface area contributed by atoms with Crippen molar-refractivity contribution in [1.82, 2.24) is 5.32 Å². The van der Waals surface area contributed by atoms with E-state index in [2.05, 4.69) is 5.32 Å². The van der Waals surface area contributed by atoms with Crippen LogP contribution in [0.2, 0.25) is 0 Å². The summed E-state index contributed by atoms with van der Waals surface area (Å²) >= 11 is 1.13. The van der Waals surface area contributed by atoms with E-state index in [1.54, 1.807) is 24.3 Å². The number of nitrogens with one attached hydrogen (secondary N) is 1. The van der Waals surface area contributed by atoms with E-state index in [9.17, 15) is 18.4 Å². The first-order chi connectivity index (χ1) is 11.4. The van der Waals surface area contributed by atoms with Gasteiger partial charge < -0.3 is 10.4 Å². The molecular weight excluding hydrogens is 336 g/mol. The normalized spacial score (nSPS) is 10.5. The molecule has 0 radical (unpaired) electrons. The lowest BCUT2D eigenvalue weighted by Crippen LogP contribution is -2.27. The molecule has 4 nitrogen and oxygen atoms in total. The van der Waals surface area contributed by atoms with E-state index in [4.69, 9.17) is 5.11 Å². The third-order valence-corrected chi connectivity index (χ3v) is 4.18. The largest absolute Gasteiger partial charge is 0.503 e. The number of benzene rings is 2. The fourth-order valence-corrected chi connectivity index (χ4v) is 2.86. The lowest BCUT2D eigenvalue weighted by Gasteiger charge is -2.08. The summed E-state index contributed by atoms with van der Waals surface area (Å²) in [6.45, 7) is 1.63. The fourth-order valence-electron chi connectivity index (χ4n) is 2.04. The first-order valence-corrected chi connectivity index (χ1v) is 8.07. The Bertz CT molecular complexity index is 757. The predicted octanol–water partition coefficient (Wildman–Crippen LogP) is 3.40. The number of amides is 1. The molecule has 1 amide bonds. The van der Waals surface area contributed by atoms with Crippen LogP contribution in [-0.2, 0) is 0 Å². The van der Waals surface area contributed by atoms with Crippen LogP contribution in [0.4, 0.5) is 8.78 Å². The van der Waals surface area contributed by atoms with Crippen LogP contribution >= 0.6 is 11.8 Å². The quantitative estimate of drug-likeness (QED) is 0.476. The molecule has 2 aromatic carbocycles. The first-order valence-electron chi connectivity index (χ1n) is 7.09. The minimum atomic E-state index is -1.03. The lowest BCUT2D eigenvalue weighted by molar-refractivity contribution is 0.0941. The summed E-state index contributed by atoms with van der Waals surface area (Å²) in [6, 6.07) is 8.53. The highest BCUT2D eigenvalue weighted by atomic mass is 32.2. The summed E-state index contributed by atoms with van der Waals surface area (Å²) in [7, 11) is 0. The Hall–Kier alpha value is -2.41. The number of rotatable bonds is 6. The molecule has 2 N–H and O–H groups in total. The van der Waals surface area contributed by atoms with Gasteiger partial charge in [0.1, 0.15) is 0 Å². The molecule has 0 saturated heterocycles. The van der Waals surface area contributed by atoms with Crippen LogP contribution in [0.15, 0.2) is 41.3 Å². The maximum absolute atomic E-state index is 13.2. The zero-order valence-electron chi connectivity index (χ0n) is 12.8. The average Bonchev–Trinajstić information content (AvgIpc) is 2.56. The van der Waals surface area contributed by atoms with Crippen molar-refractivity contribution in [1.29, 1.82) is 0 Å². The molecule has 7 heteroatoms. The van der Waals surface area contributed by atoms with Crippen LogP contribution < -0.4 is 5.32 Å². The Balaban J connectivity index is 1.91. The number of thioether (sulfide) groups is 1. The fraction of sp³-hybridized carbons (Fsp3) is 0.176. The number of halogens is 2. The molecule has 24 heavy (non-hydrogen) atoms. The van der Waals surface area contributed by atoms with Gasteiger partial charge >= 0.3 is 0 Å². The summed E-state index contributed by atoms with van der Waals surface area (Å²) in [6.07, 6.45) is 0. The topological polar surface area (TPSA) is 66.4 Å². The van der Waals surface area contributed by atoms with Gasteiger partial charge in [-0.2, -0.15) is 0 Å². The number of phenolic OH excluding ortho intramolecular Hbond substituents is 1. The Kier molecular flexibility index (Phi) is 5.92. The van der Waals surface area contributed by atoms with Gasteiger partial charge in [0.05, 0.1) is 5.56 Å². The van der Waals surface area contributed by atoms with Crippen LogP contribution in [-0.4, -0.2) is 29.1 Å². The van der Waals surface area contributed by atoms with E-state index in [-0.39, 0.29) is 23.8 Å². The molecule has 0 fully saturated rings. The molecule has 2 aromatic rings. The van der Waals surface area contributed by atoms with Crippen molar-refractivity contribution in [3.8, 4) is 5.75 Å². The number of carbonyl (C=O) groups is 2. The molecule has 0 heterocycles. The Labute approximate surface area is 141 Å². The minimum absolute atomic E-state index is 0.204. The maximum atomic E-state index is 13.2. The monoisotopic (exact) mass is 351 g/mol. The zero-order valence-corrected chi connectivity index (χ0v) is 13.6. The van der Waals surface area contributed by atoms with Gasteiger partial charge in [0.2, 0.25) is 0 Å². The van der Waals surface area contributed by atoms with E-state index in [1.165, 1.54) is 6.92 Å². The highest BCUT2D eigenvalue weighted by Crippen LogP contribution is 2.27. The molecule has 0 aliphatic heterocycles. The molecule has 0 spiro atoms. The smallest absolute Gasteiger partial charge is 0.252 e. The molecule has 0 unspecified atom stereocenters. The summed E-state index contributed by atoms with van der Waals surface area (Å²) in [4.78, 5) is 23.9. The molecule has 0 bridgehead atoms. The Morgan fingerprint density at radius 2 is 1.71 bits per heavy atom. The number of aromatic hydroxyl groups is 1. The third kappa shape index (κ3) is 4.32. The third-order valence-electron chi connectivity index (χ3n) is 3.20.